The van der Waals surface area contributed by atoms with Gasteiger partial charge in [0.1, 0.15) is 5.60 Å². The third-order valence-electron chi connectivity index (χ3n) is 3.70. The zero-order valence-electron chi connectivity index (χ0n) is 15.0. The molecule has 1 unspecified atom stereocenters. The number of nitrogens with zero attached hydrogens (tertiary/aromatic N) is 1. The van der Waals surface area contributed by atoms with Crippen LogP contribution in [0, 0.1) is 5.92 Å². The number of ether oxygens (including phenoxy) is 2. The highest BCUT2D eigenvalue weighted by molar-refractivity contribution is 5.69. The smallest absolute Gasteiger partial charge is 0.407 e. The highest BCUT2D eigenvalue weighted by Crippen LogP contribution is 2.16. The topological polar surface area (TPSA) is 67.9 Å². The maximum absolute atomic E-state index is 11.7. The minimum Gasteiger partial charge on any atom is -0.466 e. The predicted octanol–water partition coefficient (Wildman–Crippen LogP) is 2.57. The van der Waals surface area contributed by atoms with Crippen LogP contribution in [0.3, 0.4) is 0 Å². The Bertz CT molecular complexity index is 379. The summed E-state index contributed by atoms with van der Waals surface area (Å²) >= 11 is 0. The van der Waals surface area contributed by atoms with Crippen LogP contribution in [-0.2, 0) is 14.3 Å². The Labute approximate surface area is 139 Å². The second-order valence-electron chi connectivity index (χ2n) is 7.10. The molecule has 0 saturated carbocycles. The lowest BCUT2D eigenvalue weighted by Crippen LogP contribution is -2.42. The molecule has 0 aromatic rings. The first-order valence-corrected chi connectivity index (χ1v) is 8.65. The van der Waals surface area contributed by atoms with Crippen LogP contribution in [0.2, 0.25) is 0 Å². The molecule has 6 heteroatoms. The third-order valence-corrected chi connectivity index (χ3v) is 3.70. The molecule has 1 N–H and O–H groups in total. The fraction of sp³-hybridized carbons (Fsp3) is 0.882. The molecule has 1 atom stereocenters. The summed E-state index contributed by atoms with van der Waals surface area (Å²) in [6, 6.07) is 0. The molecule has 1 aliphatic rings. The van der Waals surface area contributed by atoms with E-state index in [2.05, 4.69) is 10.2 Å². The summed E-state index contributed by atoms with van der Waals surface area (Å²) in [5, 5.41) is 2.86. The molecule has 1 fully saturated rings. The van der Waals surface area contributed by atoms with Crippen molar-refractivity contribution in [1.29, 1.82) is 0 Å². The molecular formula is C17H32N2O4. The van der Waals surface area contributed by atoms with Gasteiger partial charge in [0.25, 0.3) is 0 Å². The molecule has 6 nitrogen and oxygen atoms in total. The lowest BCUT2D eigenvalue weighted by Gasteiger charge is -2.32. The zero-order valence-corrected chi connectivity index (χ0v) is 15.0. The highest BCUT2D eigenvalue weighted by Gasteiger charge is 2.22. The van der Waals surface area contributed by atoms with Crippen LogP contribution in [0.5, 0.6) is 0 Å². The van der Waals surface area contributed by atoms with E-state index in [4.69, 9.17) is 9.47 Å². The van der Waals surface area contributed by atoms with Gasteiger partial charge in [-0.1, -0.05) is 0 Å². The molecule has 1 amide bonds. The van der Waals surface area contributed by atoms with E-state index < -0.39 is 5.60 Å². The Balaban J connectivity index is 2.21. The van der Waals surface area contributed by atoms with Gasteiger partial charge in [-0.2, -0.15) is 0 Å². The van der Waals surface area contributed by atoms with E-state index in [1.165, 1.54) is 0 Å². The van der Waals surface area contributed by atoms with Gasteiger partial charge in [0, 0.05) is 19.5 Å². The van der Waals surface area contributed by atoms with Crippen molar-refractivity contribution in [2.24, 2.45) is 5.92 Å². The number of carbonyl (C=O) groups is 2. The average molecular weight is 328 g/mol. The predicted molar refractivity (Wildman–Crippen MR) is 89.3 cm³/mol. The zero-order chi connectivity index (χ0) is 17.3. The van der Waals surface area contributed by atoms with Crippen molar-refractivity contribution in [3.63, 3.8) is 0 Å². The van der Waals surface area contributed by atoms with E-state index in [-0.39, 0.29) is 12.1 Å². The Hall–Kier alpha value is -1.30. The maximum Gasteiger partial charge on any atom is 0.407 e. The van der Waals surface area contributed by atoms with Gasteiger partial charge in [0.2, 0.25) is 0 Å². The molecule has 1 saturated heterocycles. The molecule has 0 radical (unpaired) electrons. The van der Waals surface area contributed by atoms with Gasteiger partial charge in [-0.3, -0.25) is 4.79 Å². The molecule has 0 bridgehead atoms. The van der Waals surface area contributed by atoms with Crippen LogP contribution < -0.4 is 5.32 Å². The summed E-state index contributed by atoms with van der Waals surface area (Å²) in [5.74, 6) is 0.325. The third kappa shape index (κ3) is 9.43. The summed E-state index contributed by atoms with van der Waals surface area (Å²) in [6.45, 7) is 11.4. The van der Waals surface area contributed by atoms with E-state index >= 15 is 0 Å². The number of carbonyl (C=O) groups excluding carboxylic acids is 2. The van der Waals surface area contributed by atoms with Gasteiger partial charge >= 0.3 is 12.1 Å². The second-order valence-corrected chi connectivity index (χ2v) is 7.10. The average Bonchev–Trinajstić information content (AvgIpc) is 2.44. The quantitative estimate of drug-likeness (QED) is 0.728. The van der Waals surface area contributed by atoms with Crippen LogP contribution >= 0.6 is 0 Å². The fourth-order valence-corrected chi connectivity index (χ4v) is 2.74. The number of amides is 1. The molecular weight excluding hydrogens is 296 g/mol. The fourth-order valence-electron chi connectivity index (χ4n) is 2.74. The lowest BCUT2D eigenvalue weighted by molar-refractivity contribution is -0.143. The van der Waals surface area contributed by atoms with Crippen molar-refractivity contribution < 1.29 is 19.1 Å². The van der Waals surface area contributed by atoms with Crippen molar-refractivity contribution >= 4 is 12.1 Å². The minimum absolute atomic E-state index is 0.118. The van der Waals surface area contributed by atoms with Crippen LogP contribution in [0.1, 0.15) is 53.4 Å². The first kappa shape index (κ1) is 19.7. The summed E-state index contributed by atoms with van der Waals surface area (Å²) in [7, 11) is 0. The summed E-state index contributed by atoms with van der Waals surface area (Å²) in [4.78, 5) is 25.4. The van der Waals surface area contributed by atoms with E-state index in [9.17, 15) is 9.59 Å². The van der Waals surface area contributed by atoms with Gasteiger partial charge in [-0.25, -0.2) is 4.79 Å². The first-order chi connectivity index (χ1) is 10.8. The Morgan fingerprint density at radius 3 is 2.70 bits per heavy atom. The van der Waals surface area contributed by atoms with Gasteiger partial charge in [0.15, 0.2) is 0 Å². The lowest BCUT2D eigenvalue weighted by atomic mass is 9.98. The Kier molecular flexibility index (Phi) is 8.37. The number of alkyl carbamates (subject to hydrolysis) is 1. The standard InChI is InChI=1S/C17H32N2O4/c1-5-22-15(20)9-7-11-19-10-6-8-14(13-19)12-18-16(21)23-17(2,3)4/h14H,5-13H2,1-4H3,(H,18,21). The van der Waals surface area contributed by atoms with Crippen molar-refractivity contribution in [1.82, 2.24) is 10.2 Å². The van der Waals surface area contributed by atoms with Crippen LogP contribution in [0.4, 0.5) is 4.79 Å². The molecule has 1 rings (SSSR count). The molecule has 134 valence electrons. The van der Waals surface area contributed by atoms with Crippen LogP contribution in [0.25, 0.3) is 0 Å². The first-order valence-electron chi connectivity index (χ1n) is 8.65. The molecule has 0 aromatic carbocycles. The molecule has 1 aliphatic heterocycles. The molecule has 23 heavy (non-hydrogen) atoms. The highest BCUT2D eigenvalue weighted by atomic mass is 16.6. The van der Waals surface area contributed by atoms with E-state index in [0.717, 1.165) is 38.9 Å². The summed E-state index contributed by atoms with van der Waals surface area (Å²) in [6.07, 6.45) is 3.19. The van der Waals surface area contributed by atoms with Gasteiger partial charge in [0.05, 0.1) is 6.61 Å². The van der Waals surface area contributed by atoms with E-state index in [1.54, 1.807) is 0 Å². The van der Waals surface area contributed by atoms with Crippen LogP contribution in [-0.4, -0.2) is 55.3 Å². The van der Waals surface area contributed by atoms with Crippen molar-refractivity contribution in [2.75, 3.05) is 32.8 Å². The monoisotopic (exact) mass is 328 g/mol. The normalized spacial score (nSPS) is 19.2. The Morgan fingerprint density at radius 1 is 1.30 bits per heavy atom. The summed E-state index contributed by atoms with van der Waals surface area (Å²) in [5.41, 5.74) is -0.463. The van der Waals surface area contributed by atoms with Crippen molar-refractivity contribution in [3.05, 3.63) is 0 Å². The number of esters is 1. The van der Waals surface area contributed by atoms with E-state index in [0.29, 0.717) is 25.5 Å². The van der Waals surface area contributed by atoms with Gasteiger partial charge < -0.3 is 19.7 Å². The number of likely N-dealkylation sites (tertiary alicyclic amines) is 1. The number of piperidine rings is 1. The van der Waals surface area contributed by atoms with E-state index in [1.807, 2.05) is 27.7 Å². The molecule has 0 aromatic heterocycles. The number of hydrogen-bond donors (Lipinski definition) is 1. The molecule has 1 heterocycles. The van der Waals surface area contributed by atoms with Gasteiger partial charge in [-0.15, -0.1) is 0 Å². The van der Waals surface area contributed by atoms with Gasteiger partial charge in [-0.05, 0) is 66.0 Å². The second kappa shape index (κ2) is 9.75. The maximum atomic E-state index is 11.7. The summed E-state index contributed by atoms with van der Waals surface area (Å²) < 4.78 is 10.2. The Morgan fingerprint density at radius 2 is 2.04 bits per heavy atom. The van der Waals surface area contributed by atoms with Crippen molar-refractivity contribution in [2.45, 2.75) is 59.0 Å². The number of hydrogen-bond acceptors (Lipinski definition) is 5. The SMILES string of the molecule is CCOC(=O)CCCN1CCCC(CNC(=O)OC(C)(C)C)C1. The number of nitrogens with one attached hydrogen (secondary N) is 1. The molecule has 0 aliphatic carbocycles. The number of rotatable bonds is 7. The van der Waals surface area contributed by atoms with Crippen LogP contribution in [0.15, 0.2) is 0 Å². The largest absolute Gasteiger partial charge is 0.466 e. The van der Waals surface area contributed by atoms with Crippen molar-refractivity contribution in [3.8, 4) is 0 Å². The molecule has 0 spiro atoms. The minimum atomic E-state index is -0.463.